The normalized spacial score (nSPS) is 14.9. The second-order valence-corrected chi connectivity index (χ2v) is 4.98. The largest absolute Gasteiger partial charge is 0.381 e. The van der Waals surface area contributed by atoms with Crippen LogP contribution in [0.3, 0.4) is 0 Å². The first-order valence-corrected chi connectivity index (χ1v) is 6.69. The first-order valence-electron chi connectivity index (χ1n) is 5.93. The summed E-state index contributed by atoms with van der Waals surface area (Å²) in [4.78, 5) is 11.7. The zero-order valence-electron chi connectivity index (χ0n) is 10.2. The minimum Gasteiger partial charge on any atom is -0.381 e. The van der Waals surface area contributed by atoms with E-state index in [1.54, 1.807) is 24.4 Å². The number of halogens is 2. The maximum absolute atomic E-state index is 11.7. The summed E-state index contributed by atoms with van der Waals surface area (Å²) in [6.07, 6.45) is 3.42. The van der Waals surface area contributed by atoms with E-state index >= 15 is 0 Å². The van der Waals surface area contributed by atoms with Crippen LogP contribution in [0.1, 0.15) is 12.8 Å². The summed E-state index contributed by atoms with van der Waals surface area (Å²) in [6, 6.07) is 4.57. The third kappa shape index (κ3) is 4.42. The lowest BCUT2D eigenvalue weighted by Gasteiger charge is -2.14. The lowest BCUT2D eigenvalue weighted by Crippen LogP contribution is -2.25. The highest BCUT2D eigenvalue weighted by atomic mass is 35.5. The topological polar surface area (TPSA) is 50.4 Å². The first kappa shape index (κ1) is 14.2. The lowest BCUT2D eigenvalue weighted by molar-refractivity contribution is 0.119. The van der Waals surface area contributed by atoms with Crippen LogP contribution in [0.4, 0.5) is 10.5 Å². The van der Waals surface area contributed by atoms with Crippen LogP contribution in [0.5, 0.6) is 0 Å². The van der Waals surface area contributed by atoms with Gasteiger partial charge in [0.1, 0.15) is 0 Å². The van der Waals surface area contributed by atoms with E-state index in [1.807, 2.05) is 0 Å². The molecule has 0 saturated carbocycles. The van der Waals surface area contributed by atoms with Crippen molar-refractivity contribution in [3.8, 4) is 0 Å². The smallest absolute Gasteiger partial charge is 0.323 e. The van der Waals surface area contributed by atoms with E-state index in [-0.39, 0.29) is 6.03 Å². The SMILES string of the molecule is O=C(NC=C1CCOCC1)Nc1ccc(Cl)cc1Cl. The van der Waals surface area contributed by atoms with Crippen molar-refractivity contribution >= 4 is 34.9 Å². The molecule has 1 aromatic rings. The minimum atomic E-state index is -0.330. The number of ether oxygens (including phenoxy) is 1. The number of hydrogen-bond donors (Lipinski definition) is 2. The molecule has 102 valence electrons. The molecular formula is C13H14Cl2N2O2. The van der Waals surface area contributed by atoms with E-state index in [1.165, 1.54) is 5.57 Å². The number of carbonyl (C=O) groups excluding carboxylic acids is 1. The molecule has 0 atom stereocenters. The number of amides is 2. The van der Waals surface area contributed by atoms with Gasteiger partial charge in [-0.15, -0.1) is 0 Å². The zero-order valence-corrected chi connectivity index (χ0v) is 11.7. The summed E-state index contributed by atoms with van der Waals surface area (Å²) < 4.78 is 5.23. The highest BCUT2D eigenvalue weighted by Gasteiger charge is 2.07. The van der Waals surface area contributed by atoms with Crippen LogP contribution in [0.15, 0.2) is 30.0 Å². The zero-order chi connectivity index (χ0) is 13.7. The van der Waals surface area contributed by atoms with Gasteiger partial charge in [-0.1, -0.05) is 23.2 Å². The summed E-state index contributed by atoms with van der Waals surface area (Å²) in [5.41, 5.74) is 1.69. The lowest BCUT2D eigenvalue weighted by atomic mass is 10.1. The van der Waals surface area contributed by atoms with Crippen LogP contribution in [0.2, 0.25) is 10.0 Å². The molecular weight excluding hydrogens is 287 g/mol. The third-order valence-electron chi connectivity index (χ3n) is 2.72. The van der Waals surface area contributed by atoms with Crippen molar-refractivity contribution in [2.75, 3.05) is 18.5 Å². The van der Waals surface area contributed by atoms with Crippen molar-refractivity contribution in [3.05, 3.63) is 40.0 Å². The molecule has 19 heavy (non-hydrogen) atoms. The van der Waals surface area contributed by atoms with Crippen LogP contribution in [0.25, 0.3) is 0 Å². The van der Waals surface area contributed by atoms with Crippen molar-refractivity contribution in [3.63, 3.8) is 0 Å². The number of anilines is 1. The van der Waals surface area contributed by atoms with Gasteiger partial charge in [-0.2, -0.15) is 0 Å². The van der Waals surface area contributed by atoms with Crippen LogP contribution in [-0.2, 0) is 4.74 Å². The Morgan fingerprint density at radius 2 is 2.00 bits per heavy atom. The molecule has 0 unspecified atom stereocenters. The molecule has 0 bridgehead atoms. The van der Waals surface area contributed by atoms with E-state index in [2.05, 4.69) is 10.6 Å². The van der Waals surface area contributed by atoms with Crippen molar-refractivity contribution in [2.24, 2.45) is 0 Å². The molecule has 2 amide bonds. The maximum atomic E-state index is 11.7. The number of carbonyl (C=O) groups is 1. The quantitative estimate of drug-likeness (QED) is 0.872. The summed E-state index contributed by atoms with van der Waals surface area (Å²) in [7, 11) is 0. The Hall–Kier alpha value is -1.23. The van der Waals surface area contributed by atoms with E-state index in [0.717, 1.165) is 12.8 Å². The van der Waals surface area contributed by atoms with Gasteiger partial charge in [0.05, 0.1) is 23.9 Å². The Morgan fingerprint density at radius 1 is 1.26 bits per heavy atom. The van der Waals surface area contributed by atoms with Gasteiger partial charge in [0.25, 0.3) is 0 Å². The van der Waals surface area contributed by atoms with Gasteiger partial charge in [-0.05, 0) is 36.6 Å². The van der Waals surface area contributed by atoms with Gasteiger partial charge in [0.15, 0.2) is 0 Å². The molecule has 0 radical (unpaired) electrons. The van der Waals surface area contributed by atoms with Crippen molar-refractivity contribution in [2.45, 2.75) is 12.8 Å². The fraction of sp³-hybridized carbons (Fsp3) is 0.308. The fourth-order valence-electron chi connectivity index (χ4n) is 1.69. The van der Waals surface area contributed by atoms with E-state index in [9.17, 15) is 4.79 Å². The maximum Gasteiger partial charge on any atom is 0.323 e. The summed E-state index contributed by atoms with van der Waals surface area (Å²) >= 11 is 11.7. The van der Waals surface area contributed by atoms with E-state index in [0.29, 0.717) is 28.9 Å². The molecule has 1 aliphatic rings. The summed E-state index contributed by atoms with van der Waals surface area (Å²) in [5, 5.41) is 6.28. The molecule has 0 aliphatic carbocycles. The van der Waals surface area contributed by atoms with Crippen molar-refractivity contribution < 1.29 is 9.53 Å². The predicted octanol–water partition coefficient (Wildman–Crippen LogP) is 3.81. The number of hydrogen-bond acceptors (Lipinski definition) is 2. The van der Waals surface area contributed by atoms with Gasteiger partial charge in [-0.3, -0.25) is 0 Å². The Balaban J connectivity index is 1.90. The predicted molar refractivity (Wildman–Crippen MR) is 76.8 cm³/mol. The number of benzene rings is 1. The molecule has 1 heterocycles. The minimum absolute atomic E-state index is 0.330. The molecule has 4 nitrogen and oxygen atoms in total. The summed E-state index contributed by atoms with van der Waals surface area (Å²) in [5.74, 6) is 0. The van der Waals surface area contributed by atoms with Gasteiger partial charge in [0, 0.05) is 11.2 Å². The first-order chi connectivity index (χ1) is 9.15. The molecule has 0 spiro atoms. The van der Waals surface area contributed by atoms with Gasteiger partial charge in [-0.25, -0.2) is 4.79 Å². The van der Waals surface area contributed by atoms with Crippen molar-refractivity contribution in [1.29, 1.82) is 0 Å². The Morgan fingerprint density at radius 3 is 2.68 bits per heavy atom. The molecule has 2 N–H and O–H groups in total. The Bertz CT molecular complexity index is 495. The third-order valence-corrected chi connectivity index (χ3v) is 3.27. The molecule has 1 aliphatic heterocycles. The van der Waals surface area contributed by atoms with Crippen molar-refractivity contribution in [1.82, 2.24) is 5.32 Å². The van der Waals surface area contributed by atoms with E-state index < -0.39 is 0 Å². The highest BCUT2D eigenvalue weighted by molar-refractivity contribution is 6.36. The van der Waals surface area contributed by atoms with E-state index in [4.69, 9.17) is 27.9 Å². The molecule has 0 aromatic heterocycles. The van der Waals surface area contributed by atoms with Gasteiger partial charge in [0.2, 0.25) is 0 Å². The average Bonchev–Trinajstić information content (AvgIpc) is 2.41. The monoisotopic (exact) mass is 300 g/mol. The molecule has 6 heteroatoms. The van der Waals surface area contributed by atoms with Crippen LogP contribution < -0.4 is 10.6 Å². The standard InChI is InChI=1S/C13H14Cl2N2O2/c14-10-1-2-12(11(15)7-10)17-13(18)16-8-9-3-5-19-6-4-9/h1-2,7-8H,3-6H2,(H2,16,17,18). The molecule has 1 saturated heterocycles. The van der Waals surface area contributed by atoms with Crippen LogP contribution in [-0.4, -0.2) is 19.2 Å². The van der Waals surface area contributed by atoms with Crippen LogP contribution in [0, 0.1) is 0 Å². The number of nitrogens with one attached hydrogen (secondary N) is 2. The van der Waals surface area contributed by atoms with Gasteiger partial charge < -0.3 is 15.4 Å². The fourth-order valence-corrected chi connectivity index (χ4v) is 2.15. The molecule has 1 fully saturated rings. The number of rotatable bonds is 2. The highest BCUT2D eigenvalue weighted by Crippen LogP contribution is 2.25. The molecule has 1 aromatic carbocycles. The van der Waals surface area contributed by atoms with Crippen LogP contribution >= 0.6 is 23.2 Å². The molecule has 2 rings (SSSR count). The van der Waals surface area contributed by atoms with Gasteiger partial charge >= 0.3 is 6.03 Å². The Labute approximate surface area is 121 Å². The average molecular weight is 301 g/mol. The second-order valence-electron chi connectivity index (χ2n) is 4.14. The summed E-state index contributed by atoms with van der Waals surface area (Å²) in [6.45, 7) is 1.41. The number of urea groups is 1. The second kappa shape index (κ2) is 6.80. The Kier molecular flexibility index (Phi) is 5.07.